The van der Waals surface area contributed by atoms with E-state index in [9.17, 15) is 4.79 Å². The van der Waals surface area contributed by atoms with Gasteiger partial charge in [-0.05, 0) is 12.3 Å². The lowest BCUT2D eigenvalue weighted by atomic mass is 10.1. The second kappa shape index (κ2) is 5.56. The number of hydrogen-bond acceptors (Lipinski definition) is 4. The first-order chi connectivity index (χ1) is 7.13. The highest BCUT2D eigenvalue weighted by Gasteiger charge is 2.03. The van der Waals surface area contributed by atoms with Crippen molar-refractivity contribution >= 4 is 0 Å². The largest absolute Gasteiger partial charge is 0.487 e. The topological polar surface area (TPSA) is 65.5 Å². The Kier molecular flexibility index (Phi) is 4.37. The zero-order valence-electron chi connectivity index (χ0n) is 9.16. The smallest absolute Gasteiger partial charge is 0.227 e. The molecule has 0 aromatic carbocycles. The minimum absolute atomic E-state index is 0.176. The van der Waals surface area contributed by atoms with Gasteiger partial charge in [0, 0.05) is 6.07 Å². The predicted molar refractivity (Wildman–Crippen MR) is 57.8 cm³/mol. The Morgan fingerprint density at radius 2 is 2.27 bits per heavy atom. The first kappa shape index (κ1) is 11.8. The molecule has 0 bridgehead atoms. The molecule has 0 amide bonds. The van der Waals surface area contributed by atoms with Crippen LogP contribution in [0.5, 0.6) is 5.75 Å². The van der Waals surface area contributed by atoms with Crippen LogP contribution in [0.4, 0.5) is 0 Å². The van der Waals surface area contributed by atoms with Gasteiger partial charge in [0.15, 0.2) is 0 Å². The molecule has 1 aromatic rings. The summed E-state index contributed by atoms with van der Waals surface area (Å²) in [5, 5.41) is 0. The molecule has 0 spiro atoms. The van der Waals surface area contributed by atoms with Crippen LogP contribution in [0.2, 0.25) is 0 Å². The Balaban J connectivity index is 2.58. The number of hydrogen-bond donors (Lipinski definition) is 1. The predicted octanol–water partition coefficient (Wildman–Crippen LogP) is 1.52. The van der Waals surface area contributed by atoms with Gasteiger partial charge < -0.3 is 14.9 Å². The van der Waals surface area contributed by atoms with Crippen LogP contribution in [0, 0.1) is 5.92 Å². The molecule has 1 heterocycles. The van der Waals surface area contributed by atoms with E-state index in [1.807, 2.05) is 0 Å². The number of rotatable bonds is 5. The maximum Gasteiger partial charge on any atom is 0.227 e. The Bertz CT molecular complexity index is 357. The second-order valence-corrected chi connectivity index (χ2v) is 3.81. The van der Waals surface area contributed by atoms with E-state index in [-0.39, 0.29) is 17.7 Å². The molecule has 1 aromatic heterocycles. The molecule has 0 atom stereocenters. The first-order valence-corrected chi connectivity index (χ1v) is 5.08. The van der Waals surface area contributed by atoms with E-state index < -0.39 is 0 Å². The molecule has 0 saturated heterocycles. The van der Waals surface area contributed by atoms with E-state index in [1.165, 1.54) is 12.3 Å². The summed E-state index contributed by atoms with van der Waals surface area (Å²) in [5.41, 5.74) is 5.16. The quantitative estimate of drug-likeness (QED) is 0.802. The van der Waals surface area contributed by atoms with E-state index in [0.29, 0.717) is 18.3 Å². The Morgan fingerprint density at radius 3 is 2.80 bits per heavy atom. The third-order valence-electron chi connectivity index (χ3n) is 2.01. The number of nitrogens with two attached hydrogens (primary N) is 1. The minimum Gasteiger partial charge on any atom is -0.487 e. The molecule has 0 aliphatic heterocycles. The van der Waals surface area contributed by atoms with E-state index in [2.05, 4.69) is 13.8 Å². The van der Waals surface area contributed by atoms with Crippen LogP contribution < -0.4 is 15.9 Å². The van der Waals surface area contributed by atoms with Gasteiger partial charge in [0.2, 0.25) is 11.2 Å². The summed E-state index contributed by atoms with van der Waals surface area (Å²) in [5.74, 6) is 1.28. The Morgan fingerprint density at radius 1 is 1.53 bits per heavy atom. The average molecular weight is 211 g/mol. The maximum atomic E-state index is 11.4. The molecule has 2 N–H and O–H groups in total. The lowest BCUT2D eigenvalue weighted by molar-refractivity contribution is 0.276. The molecule has 0 aliphatic carbocycles. The van der Waals surface area contributed by atoms with Crippen LogP contribution in [0.1, 0.15) is 26.0 Å². The van der Waals surface area contributed by atoms with Crippen LogP contribution in [0.25, 0.3) is 0 Å². The van der Waals surface area contributed by atoms with Crippen LogP contribution in [0.3, 0.4) is 0 Å². The van der Waals surface area contributed by atoms with Gasteiger partial charge in [0.25, 0.3) is 0 Å². The normalized spacial score (nSPS) is 10.7. The molecule has 4 nitrogen and oxygen atoms in total. The Hall–Kier alpha value is -1.29. The van der Waals surface area contributed by atoms with E-state index in [1.54, 1.807) is 0 Å². The van der Waals surface area contributed by atoms with Crippen molar-refractivity contribution in [1.29, 1.82) is 0 Å². The zero-order valence-corrected chi connectivity index (χ0v) is 9.16. The van der Waals surface area contributed by atoms with Crippen LogP contribution in [0.15, 0.2) is 21.5 Å². The zero-order chi connectivity index (χ0) is 11.3. The summed E-state index contributed by atoms with van der Waals surface area (Å²) in [6.07, 6.45) is 2.24. The lowest BCUT2D eigenvalue weighted by Gasteiger charge is -2.06. The molecule has 0 fully saturated rings. The highest BCUT2D eigenvalue weighted by Crippen LogP contribution is 2.07. The SMILES string of the molecule is CC(C)CCOc1coc(CN)cc1=O. The van der Waals surface area contributed by atoms with E-state index in [4.69, 9.17) is 14.9 Å². The summed E-state index contributed by atoms with van der Waals surface area (Å²) in [7, 11) is 0. The van der Waals surface area contributed by atoms with Crippen molar-refractivity contribution in [2.45, 2.75) is 26.8 Å². The highest BCUT2D eigenvalue weighted by molar-refractivity contribution is 5.17. The van der Waals surface area contributed by atoms with Gasteiger partial charge in [-0.2, -0.15) is 0 Å². The molecule has 15 heavy (non-hydrogen) atoms. The summed E-state index contributed by atoms with van der Waals surface area (Å²) in [6.45, 7) is 4.96. The Labute approximate surface area is 89.0 Å². The van der Waals surface area contributed by atoms with Gasteiger partial charge in [-0.3, -0.25) is 4.79 Å². The molecule has 0 saturated carbocycles. The van der Waals surface area contributed by atoms with Crippen LogP contribution in [-0.2, 0) is 6.54 Å². The van der Waals surface area contributed by atoms with Crippen molar-refractivity contribution in [1.82, 2.24) is 0 Å². The molecule has 4 heteroatoms. The van der Waals surface area contributed by atoms with Gasteiger partial charge >= 0.3 is 0 Å². The van der Waals surface area contributed by atoms with Gasteiger partial charge in [0.05, 0.1) is 13.2 Å². The standard InChI is InChI=1S/C11H17NO3/c1-8(2)3-4-14-11-7-15-9(6-12)5-10(11)13/h5,7-8H,3-4,6,12H2,1-2H3. The minimum atomic E-state index is -0.176. The third kappa shape index (κ3) is 3.75. The monoisotopic (exact) mass is 211 g/mol. The molecular formula is C11H17NO3. The second-order valence-electron chi connectivity index (χ2n) is 3.81. The van der Waals surface area contributed by atoms with Crippen molar-refractivity contribution in [2.75, 3.05) is 6.61 Å². The summed E-state index contributed by atoms with van der Waals surface area (Å²) in [4.78, 5) is 11.4. The first-order valence-electron chi connectivity index (χ1n) is 5.08. The van der Waals surface area contributed by atoms with Crippen molar-refractivity contribution < 1.29 is 9.15 Å². The highest BCUT2D eigenvalue weighted by atomic mass is 16.5. The fourth-order valence-corrected chi connectivity index (χ4v) is 1.06. The summed E-state index contributed by atoms with van der Waals surface area (Å²) in [6, 6.07) is 1.37. The van der Waals surface area contributed by atoms with Crippen molar-refractivity contribution in [2.24, 2.45) is 11.7 Å². The molecule has 0 radical (unpaired) electrons. The van der Waals surface area contributed by atoms with Crippen molar-refractivity contribution in [3.05, 3.63) is 28.3 Å². The van der Waals surface area contributed by atoms with E-state index >= 15 is 0 Å². The van der Waals surface area contributed by atoms with Crippen molar-refractivity contribution in [3.8, 4) is 5.75 Å². The van der Waals surface area contributed by atoms with Crippen LogP contribution >= 0.6 is 0 Å². The third-order valence-corrected chi connectivity index (χ3v) is 2.01. The van der Waals surface area contributed by atoms with Gasteiger partial charge in [-0.15, -0.1) is 0 Å². The van der Waals surface area contributed by atoms with E-state index in [0.717, 1.165) is 6.42 Å². The fourth-order valence-electron chi connectivity index (χ4n) is 1.06. The molecule has 0 unspecified atom stereocenters. The van der Waals surface area contributed by atoms with Gasteiger partial charge in [-0.25, -0.2) is 0 Å². The summed E-state index contributed by atoms with van der Waals surface area (Å²) >= 11 is 0. The molecule has 1 rings (SSSR count). The van der Waals surface area contributed by atoms with Crippen LogP contribution in [-0.4, -0.2) is 6.61 Å². The van der Waals surface area contributed by atoms with Crippen molar-refractivity contribution in [3.63, 3.8) is 0 Å². The fraction of sp³-hybridized carbons (Fsp3) is 0.545. The molecule has 0 aliphatic rings. The summed E-state index contributed by atoms with van der Waals surface area (Å²) < 4.78 is 10.4. The molecule has 84 valence electrons. The van der Waals surface area contributed by atoms with Gasteiger partial charge in [-0.1, -0.05) is 13.8 Å². The number of ether oxygens (including phenoxy) is 1. The maximum absolute atomic E-state index is 11.4. The molecular weight excluding hydrogens is 194 g/mol. The average Bonchev–Trinajstić information content (AvgIpc) is 2.20. The lowest BCUT2D eigenvalue weighted by Crippen LogP contribution is -2.11. The van der Waals surface area contributed by atoms with Gasteiger partial charge in [0.1, 0.15) is 12.0 Å².